The predicted octanol–water partition coefficient (Wildman–Crippen LogP) is 17.6. The molecule has 63 heavy (non-hydrogen) atoms. The third-order valence-corrected chi connectivity index (χ3v) is 11.5. The van der Waals surface area contributed by atoms with Crippen molar-refractivity contribution in [1.29, 1.82) is 0 Å². The number of allylic oxidation sites excluding steroid dienone is 10. The summed E-state index contributed by atoms with van der Waals surface area (Å²) in [5.74, 6) is -0.907. The van der Waals surface area contributed by atoms with Crippen LogP contribution in [0.5, 0.6) is 0 Å². The molecule has 364 valence electrons. The van der Waals surface area contributed by atoms with Crippen molar-refractivity contribution < 1.29 is 28.6 Å². The highest BCUT2D eigenvalue weighted by Crippen LogP contribution is 2.15. The Morgan fingerprint density at radius 2 is 0.619 bits per heavy atom. The number of hydrogen-bond donors (Lipinski definition) is 0. The normalized spacial score (nSPS) is 12.5. The van der Waals surface area contributed by atoms with E-state index in [-0.39, 0.29) is 31.1 Å². The van der Waals surface area contributed by atoms with Gasteiger partial charge in [0.1, 0.15) is 13.2 Å². The zero-order valence-electron chi connectivity index (χ0n) is 41.6. The molecular weight excluding hydrogens is 781 g/mol. The van der Waals surface area contributed by atoms with Gasteiger partial charge in [0.25, 0.3) is 0 Å². The van der Waals surface area contributed by atoms with Crippen molar-refractivity contribution in [3.8, 4) is 0 Å². The lowest BCUT2D eigenvalue weighted by Gasteiger charge is -2.18. The molecule has 0 amide bonds. The Kier molecular flexibility index (Phi) is 49.4. The van der Waals surface area contributed by atoms with Gasteiger partial charge in [-0.05, 0) is 83.5 Å². The highest BCUT2D eigenvalue weighted by atomic mass is 16.6. The van der Waals surface area contributed by atoms with Crippen molar-refractivity contribution >= 4 is 17.9 Å². The number of carbonyl (C=O) groups is 3. The van der Waals surface area contributed by atoms with Gasteiger partial charge in [-0.3, -0.25) is 14.4 Å². The molecule has 6 heteroatoms. The van der Waals surface area contributed by atoms with Crippen LogP contribution in [-0.4, -0.2) is 37.2 Å². The zero-order chi connectivity index (χ0) is 45.8. The number of hydrogen-bond acceptors (Lipinski definition) is 6. The average Bonchev–Trinajstić information content (AvgIpc) is 3.28. The molecule has 0 aliphatic carbocycles. The van der Waals surface area contributed by atoms with E-state index in [1.807, 2.05) is 0 Å². The number of unbranched alkanes of at least 4 members (excludes halogenated alkanes) is 27. The second-order valence-electron chi connectivity index (χ2n) is 17.8. The molecule has 0 rings (SSSR count). The van der Waals surface area contributed by atoms with Crippen molar-refractivity contribution in [1.82, 2.24) is 0 Å². The fraction of sp³-hybridized carbons (Fsp3) is 0.772. The zero-order valence-corrected chi connectivity index (χ0v) is 41.6. The second kappa shape index (κ2) is 51.7. The van der Waals surface area contributed by atoms with Gasteiger partial charge in [0.05, 0.1) is 0 Å². The van der Waals surface area contributed by atoms with Gasteiger partial charge < -0.3 is 14.2 Å². The maximum Gasteiger partial charge on any atom is 0.306 e. The van der Waals surface area contributed by atoms with Crippen LogP contribution in [0.25, 0.3) is 0 Å². The summed E-state index contributed by atoms with van der Waals surface area (Å²) < 4.78 is 16.8. The van der Waals surface area contributed by atoms with Gasteiger partial charge in [0.2, 0.25) is 0 Å². The second-order valence-corrected chi connectivity index (χ2v) is 17.8. The molecule has 0 bridgehead atoms. The van der Waals surface area contributed by atoms with E-state index >= 15 is 0 Å². The van der Waals surface area contributed by atoms with Crippen LogP contribution < -0.4 is 0 Å². The van der Waals surface area contributed by atoms with Crippen molar-refractivity contribution in [3.63, 3.8) is 0 Å². The average molecular weight is 881 g/mol. The minimum atomic E-state index is -0.785. The molecule has 0 aliphatic heterocycles. The van der Waals surface area contributed by atoms with E-state index in [9.17, 15) is 14.4 Å². The fourth-order valence-corrected chi connectivity index (χ4v) is 7.49. The molecule has 0 aliphatic rings. The standard InChI is InChI=1S/C57H100O6/c1-4-7-10-13-16-19-22-25-27-28-29-30-31-33-35-38-41-44-47-50-56(59)62-53-54(52-61-55(58)49-46-43-40-37-34-24-21-18-15-12-9-6-3)63-57(60)51-48-45-42-39-36-32-26-23-20-17-14-11-8-5-2/h7,10,16,19,25,27,29-30,32,36,54H,4-6,8-9,11-15,17-18,20-24,26,28,31,33-35,37-53H2,1-3H3/b10-7-,19-16-,27-25-,30-29-,36-32-. The Balaban J connectivity index is 4.39. The Morgan fingerprint density at radius 1 is 0.333 bits per heavy atom. The number of rotatable bonds is 48. The number of carbonyl (C=O) groups excluding carboxylic acids is 3. The van der Waals surface area contributed by atoms with Crippen molar-refractivity contribution in [2.75, 3.05) is 13.2 Å². The summed E-state index contributed by atoms with van der Waals surface area (Å²) in [4.78, 5) is 38.0. The number of ether oxygens (including phenoxy) is 3. The molecule has 1 unspecified atom stereocenters. The fourth-order valence-electron chi connectivity index (χ4n) is 7.49. The lowest BCUT2D eigenvalue weighted by atomic mass is 10.0. The van der Waals surface area contributed by atoms with E-state index < -0.39 is 6.10 Å². The molecule has 0 N–H and O–H groups in total. The molecule has 1 atom stereocenters. The van der Waals surface area contributed by atoms with Crippen LogP contribution in [0, 0.1) is 0 Å². The monoisotopic (exact) mass is 881 g/mol. The van der Waals surface area contributed by atoms with E-state index in [0.717, 1.165) is 103 Å². The number of esters is 3. The van der Waals surface area contributed by atoms with E-state index in [1.165, 1.54) is 122 Å². The van der Waals surface area contributed by atoms with Gasteiger partial charge in [-0.15, -0.1) is 0 Å². The highest BCUT2D eigenvalue weighted by Gasteiger charge is 2.19. The highest BCUT2D eigenvalue weighted by molar-refractivity contribution is 5.71. The smallest absolute Gasteiger partial charge is 0.306 e. The summed E-state index contributed by atoms with van der Waals surface area (Å²) in [5.41, 5.74) is 0. The first kappa shape index (κ1) is 60.1. The van der Waals surface area contributed by atoms with E-state index in [1.54, 1.807) is 0 Å². The molecule has 0 fully saturated rings. The molecule has 0 spiro atoms. The topological polar surface area (TPSA) is 78.9 Å². The van der Waals surface area contributed by atoms with Crippen molar-refractivity contribution in [2.45, 2.75) is 271 Å². The van der Waals surface area contributed by atoms with Crippen LogP contribution in [0.3, 0.4) is 0 Å². The Hall–Kier alpha value is -2.89. The van der Waals surface area contributed by atoms with Crippen LogP contribution in [-0.2, 0) is 28.6 Å². The molecule has 0 aromatic carbocycles. The summed E-state index contributed by atoms with van der Waals surface area (Å²) in [6.45, 7) is 6.51. The minimum absolute atomic E-state index is 0.0828. The molecule has 0 radical (unpaired) electrons. The molecule has 0 saturated carbocycles. The third kappa shape index (κ3) is 50.0. The first-order valence-electron chi connectivity index (χ1n) is 26.8. The predicted molar refractivity (Wildman–Crippen MR) is 270 cm³/mol. The molecule has 6 nitrogen and oxygen atoms in total. The Labute approximate surface area is 390 Å². The van der Waals surface area contributed by atoms with Gasteiger partial charge in [-0.1, -0.05) is 223 Å². The lowest BCUT2D eigenvalue weighted by Crippen LogP contribution is -2.30. The maximum absolute atomic E-state index is 12.8. The summed E-state index contributed by atoms with van der Waals surface area (Å²) in [6, 6.07) is 0. The van der Waals surface area contributed by atoms with Crippen LogP contribution >= 0.6 is 0 Å². The summed E-state index contributed by atoms with van der Waals surface area (Å²) in [5, 5.41) is 0. The first-order chi connectivity index (χ1) is 31.0. The van der Waals surface area contributed by atoms with Crippen molar-refractivity contribution in [3.05, 3.63) is 60.8 Å². The van der Waals surface area contributed by atoms with Crippen LogP contribution in [0.2, 0.25) is 0 Å². The quantitative estimate of drug-likeness (QED) is 0.0262. The third-order valence-electron chi connectivity index (χ3n) is 11.5. The van der Waals surface area contributed by atoms with Gasteiger partial charge in [-0.2, -0.15) is 0 Å². The van der Waals surface area contributed by atoms with Crippen LogP contribution in [0.4, 0.5) is 0 Å². The van der Waals surface area contributed by atoms with Crippen LogP contribution in [0.1, 0.15) is 265 Å². The van der Waals surface area contributed by atoms with E-state index in [4.69, 9.17) is 14.2 Å². The molecule has 0 saturated heterocycles. The van der Waals surface area contributed by atoms with Gasteiger partial charge >= 0.3 is 17.9 Å². The molecular formula is C57H100O6. The molecule has 0 aromatic rings. The van der Waals surface area contributed by atoms with Crippen LogP contribution in [0.15, 0.2) is 60.8 Å². The van der Waals surface area contributed by atoms with Gasteiger partial charge in [-0.25, -0.2) is 0 Å². The first-order valence-corrected chi connectivity index (χ1v) is 26.8. The lowest BCUT2D eigenvalue weighted by molar-refractivity contribution is -0.167. The summed E-state index contributed by atoms with van der Waals surface area (Å²) >= 11 is 0. The van der Waals surface area contributed by atoms with Crippen molar-refractivity contribution in [2.24, 2.45) is 0 Å². The SMILES string of the molecule is CC/C=C\C/C=C\C/C=C\C/C=C\CCCCCCCCC(=O)OCC(COC(=O)CCCCCCCCCCCCCC)OC(=O)CCCCC/C=C\CCCCCCCCC. The maximum atomic E-state index is 12.8. The Bertz CT molecular complexity index is 1150. The van der Waals surface area contributed by atoms with E-state index in [0.29, 0.717) is 19.3 Å². The summed E-state index contributed by atoms with van der Waals surface area (Å²) in [7, 11) is 0. The minimum Gasteiger partial charge on any atom is -0.462 e. The Morgan fingerprint density at radius 3 is 1.00 bits per heavy atom. The molecule has 0 heterocycles. The van der Waals surface area contributed by atoms with Gasteiger partial charge in [0, 0.05) is 19.3 Å². The van der Waals surface area contributed by atoms with Gasteiger partial charge in [0.15, 0.2) is 6.10 Å². The van der Waals surface area contributed by atoms with E-state index in [2.05, 4.69) is 81.5 Å². The largest absolute Gasteiger partial charge is 0.462 e. The summed E-state index contributed by atoms with van der Waals surface area (Å²) in [6.07, 6.45) is 63.4. The molecule has 0 aromatic heterocycles.